The summed E-state index contributed by atoms with van der Waals surface area (Å²) in [6.07, 6.45) is 3.72. The standard InChI is InChI=1S/C12H11FN2S/c1-8-7-14-12(16-2)15-11(8)9-3-5-10(13)6-4-9/h3-7H,1-2H3. The summed E-state index contributed by atoms with van der Waals surface area (Å²) in [6.45, 7) is 1.95. The van der Waals surface area contributed by atoms with Crippen LogP contribution in [-0.2, 0) is 0 Å². The first-order chi connectivity index (χ1) is 7.70. The van der Waals surface area contributed by atoms with E-state index in [1.54, 1.807) is 18.3 Å². The van der Waals surface area contributed by atoms with Crippen molar-refractivity contribution < 1.29 is 4.39 Å². The van der Waals surface area contributed by atoms with E-state index in [-0.39, 0.29) is 5.82 Å². The Balaban J connectivity index is 2.50. The van der Waals surface area contributed by atoms with E-state index in [1.165, 1.54) is 23.9 Å². The third-order valence-corrected chi connectivity index (χ3v) is 2.81. The minimum atomic E-state index is -0.236. The van der Waals surface area contributed by atoms with Crippen LogP contribution in [0.5, 0.6) is 0 Å². The van der Waals surface area contributed by atoms with Gasteiger partial charge in [0, 0.05) is 11.8 Å². The highest BCUT2D eigenvalue weighted by Crippen LogP contribution is 2.22. The van der Waals surface area contributed by atoms with Gasteiger partial charge < -0.3 is 0 Å². The van der Waals surface area contributed by atoms with Crippen LogP contribution in [0.2, 0.25) is 0 Å². The molecular formula is C12H11FN2S. The van der Waals surface area contributed by atoms with Crippen LogP contribution < -0.4 is 0 Å². The van der Waals surface area contributed by atoms with E-state index >= 15 is 0 Å². The maximum Gasteiger partial charge on any atom is 0.187 e. The third-order valence-electron chi connectivity index (χ3n) is 2.25. The van der Waals surface area contributed by atoms with Gasteiger partial charge in [-0.2, -0.15) is 0 Å². The summed E-state index contributed by atoms with van der Waals surface area (Å²) in [5.74, 6) is -0.236. The quantitative estimate of drug-likeness (QED) is 0.589. The monoisotopic (exact) mass is 234 g/mol. The van der Waals surface area contributed by atoms with Crippen LogP contribution in [0, 0.1) is 12.7 Å². The molecule has 1 aromatic heterocycles. The number of rotatable bonds is 2. The summed E-state index contributed by atoms with van der Waals surface area (Å²) >= 11 is 1.49. The van der Waals surface area contributed by atoms with Crippen molar-refractivity contribution in [3.05, 3.63) is 41.8 Å². The molecule has 4 heteroatoms. The zero-order chi connectivity index (χ0) is 11.5. The average Bonchev–Trinajstić information content (AvgIpc) is 2.31. The van der Waals surface area contributed by atoms with Gasteiger partial charge in [0.2, 0.25) is 0 Å². The lowest BCUT2D eigenvalue weighted by atomic mass is 10.1. The molecule has 0 saturated heterocycles. The summed E-state index contributed by atoms with van der Waals surface area (Å²) in [5, 5.41) is 0.727. The second-order valence-corrected chi connectivity index (χ2v) is 4.17. The molecule has 0 bridgehead atoms. The predicted molar refractivity (Wildman–Crippen MR) is 63.9 cm³/mol. The lowest BCUT2D eigenvalue weighted by Crippen LogP contribution is -1.93. The number of thioether (sulfide) groups is 1. The molecule has 1 aromatic carbocycles. The Morgan fingerprint density at radius 2 is 1.88 bits per heavy atom. The molecule has 0 amide bonds. The van der Waals surface area contributed by atoms with Gasteiger partial charge >= 0.3 is 0 Å². The van der Waals surface area contributed by atoms with Crippen molar-refractivity contribution in [1.82, 2.24) is 9.97 Å². The Hall–Kier alpha value is -1.42. The van der Waals surface area contributed by atoms with Crippen molar-refractivity contribution in [2.24, 2.45) is 0 Å². The van der Waals surface area contributed by atoms with Crippen LogP contribution in [0.15, 0.2) is 35.6 Å². The molecule has 2 rings (SSSR count). The molecule has 0 aliphatic rings. The Morgan fingerprint density at radius 1 is 1.19 bits per heavy atom. The van der Waals surface area contributed by atoms with E-state index in [2.05, 4.69) is 9.97 Å². The Kier molecular flexibility index (Phi) is 3.19. The largest absolute Gasteiger partial charge is 0.231 e. The van der Waals surface area contributed by atoms with Crippen LogP contribution >= 0.6 is 11.8 Å². The lowest BCUT2D eigenvalue weighted by Gasteiger charge is -2.05. The summed E-state index contributed by atoms with van der Waals surface area (Å²) in [5.41, 5.74) is 2.76. The SMILES string of the molecule is CSc1ncc(C)c(-c2ccc(F)cc2)n1. The van der Waals surface area contributed by atoms with E-state index in [1.807, 2.05) is 13.2 Å². The van der Waals surface area contributed by atoms with Gasteiger partial charge in [0.15, 0.2) is 5.16 Å². The minimum Gasteiger partial charge on any atom is -0.231 e. The van der Waals surface area contributed by atoms with Crippen LogP contribution in [-0.4, -0.2) is 16.2 Å². The molecule has 0 radical (unpaired) electrons. The molecule has 0 unspecified atom stereocenters. The molecule has 0 fully saturated rings. The highest BCUT2D eigenvalue weighted by Gasteiger charge is 2.05. The minimum absolute atomic E-state index is 0.236. The number of halogens is 1. The lowest BCUT2D eigenvalue weighted by molar-refractivity contribution is 0.628. The van der Waals surface area contributed by atoms with E-state index in [0.717, 1.165) is 22.0 Å². The summed E-state index contributed by atoms with van der Waals surface area (Å²) in [7, 11) is 0. The van der Waals surface area contributed by atoms with Gasteiger partial charge in [-0.25, -0.2) is 14.4 Å². The first-order valence-corrected chi connectivity index (χ1v) is 6.07. The maximum absolute atomic E-state index is 12.8. The van der Waals surface area contributed by atoms with Crippen molar-refractivity contribution in [2.45, 2.75) is 12.1 Å². The summed E-state index contributed by atoms with van der Waals surface area (Å²) in [4.78, 5) is 8.60. The Morgan fingerprint density at radius 3 is 2.50 bits per heavy atom. The molecular weight excluding hydrogens is 223 g/mol. The van der Waals surface area contributed by atoms with Crippen molar-refractivity contribution in [3.8, 4) is 11.3 Å². The molecule has 1 heterocycles. The molecule has 2 aromatic rings. The fourth-order valence-electron chi connectivity index (χ4n) is 1.42. The smallest absolute Gasteiger partial charge is 0.187 e. The summed E-state index contributed by atoms with van der Waals surface area (Å²) < 4.78 is 12.8. The molecule has 0 aliphatic carbocycles. The first-order valence-electron chi connectivity index (χ1n) is 4.84. The van der Waals surface area contributed by atoms with Gasteiger partial charge in [0.25, 0.3) is 0 Å². The molecule has 0 saturated carbocycles. The van der Waals surface area contributed by atoms with Crippen LogP contribution in [0.25, 0.3) is 11.3 Å². The molecule has 0 atom stereocenters. The normalized spacial score (nSPS) is 10.4. The van der Waals surface area contributed by atoms with E-state index in [9.17, 15) is 4.39 Å². The molecule has 0 aliphatic heterocycles. The van der Waals surface area contributed by atoms with Crippen LogP contribution in [0.1, 0.15) is 5.56 Å². The fraction of sp³-hybridized carbons (Fsp3) is 0.167. The molecule has 2 nitrogen and oxygen atoms in total. The van der Waals surface area contributed by atoms with Crippen LogP contribution in [0.4, 0.5) is 4.39 Å². The highest BCUT2D eigenvalue weighted by atomic mass is 32.2. The number of aromatic nitrogens is 2. The number of benzene rings is 1. The van der Waals surface area contributed by atoms with E-state index in [0.29, 0.717) is 0 Å². The molecule has 0 N–H and O–H groups in total. The van der Waals surface area contributed by atoms with Crippen LogP contribution in [0.3, 0.4) is 0 Å². The Bertz CT molecular complexity index is 497. The van der Waals surface area contributed by atoms with Gasteiger partial charge in [-0.3, -0.25) is 0 Å². The van der Waals surface area contributed by atoms with E-state index < -0.39 is 0 Å². The van der Waals surface area contributed by atoms with E-state index in [4.69, 9.17) is 0 Å². The third kappa shape index (κ3) is 2.22. The van der Waals surface area contributed by atoms with Crippen molar-refractivity contribution >= 4 is 11.8 Å². The van der Waals surface area contributed by atoms with Gasteiger partial charge in [0.05, 0.1) is 5.69 Å². The second-order valence-electron chi connectivity index (χ2n) is 3.40. The molecule has 82 valence electrons. The van der Waals surface area contributed by atoms with Crippen molar-refractivity contribution in [1.29, 1.82) is 0 Å². The highest BCUT2D eigenvalue weighted by molar-refractivity contribution is 7.98. The number of aryl methyl sites for hydroxylation is 1. The molecule has 16 heavy (non-hydrogen) atoms. The van der Waals surface area contributed by atoms with Gasteiger partial charge in [-0.1, -0.05) is 11.8 Å². The van der Waals surface area contributed by atoms with Gasteiger partial charge in [-0.15, -0.1) is 0 Å². The molecule has 0 spiro atoms. The first kappa shape index (κ1) is 11.1. The zero-order valence-corrected chi connectivity index (χ0v) is 9.88. The summed E-state index contributed by atoms with van der Waals surface area (Å²) in [6, 6.07) is 6.34. The number of hydrogen-bond acceptors (Lipinski definition) is 3. The predicted octanol–water partition coefficient (Wildman–Crippen LogP) is 3.31. The Labute approximate surface area is 97.9 Å². The van der Waals surface area contributed by atoms with Gasteiger partial charge in [-0.05, 0) is 43.0 Å². The second kappa shape index (κ2) is 4.61. The number of nitrogens with zero attached hydrogens (tertiary/aromatic N) is 2. The fourth-order valence-corrected chi connectivity index (χ4v) is 1.76. The number of hydrogen-bond donors (Lipinski definition) is 0. The van der Waals surface area contributed by atoms with Gasteiger partial charge in [0.1, 0.15) is 5.82 Å². The van der Waals surface area contributed by atoms with Crippen molar-refractivity contribution in [2.75, 3.05) is 6.26 Å². The van der Waals surface area contributed by atoms with Crippen molar-refractivity contribution in [3.63, 3.8) is 0 Å². The topological polar surface area (TPSA) is 25.8 Å². The average molecular weight is 234 g/mol. The zero-order valence-electron chi connectivity index (χ0n) is 9.07. The maximum atomic E-state index is 12.8.